The number of hydrogen-bond acceptors (Lipinski definition) is 20. The van der Waals surface area contributed by atoms with E-state index in [1.165, 1.54) is 57.8 Å². The lowest BCUT2D eigenvalue weighted by Gasteiger charge is -2.50. The molecule has 18 unspecified atom stereocenters. The highest BCUT2D eigenvalue weighted by atomic mass is 16.8. The van der Waals surface area contributed by atoms with Crippen molar-refractivity contribution in [2.45, 2.75) is 259 Å². The van der Waals surface area contributed by atoms with Crippen LogP contribution in [0.25, 0.3) is 0 Å². The molecular weight excluding hydrogens is 965 g/mol. The zero-order valence-corrected chi connectivity index (χ0v) is 43.0. The van der Waals surface area contributed by atoms with E-state index < -0.39 is 155 Å². The van der Waals surface area contributed by atoms with E-state index in [0.29, 0.717) is 12.8 Å². The number of unbranched alkanes of at least 4 members (excludes halogenated alkanes) is 16. The zero-order valence-electron chi connectivity index (χ0n) is 43.0. The van der Waals surface area contributed by atoms with Crippen LogP contribution in [0, 0.1) is 0 Å². The van der Waals surface area contributed by atoms with Gasteiger partial charge in [0.2, 0.25) is 11.8 Å². The summed E-state index contributed by atoms with van der Waals surface area (Å²) in [5.41, 5.74) is 0. The van der Waals surface area contributed by atoms with E-state index in [1.54, 1.807) is 6.08 Å². The molecule has 3 heterocycles. The molecule has 3 fully saturated rings. The Kier molecular flexibility index (Phi) is 30.4. The Morgan fingerprint density at radius 1 is 0.712 bits per heavy atom. The van der Waals surface area contributed by atoms with E-state index in [9.17, 15) is 75.7 Å². The molecular formula is C50H90N2O21. The Bertz CT molecular complexity index is 1580. The third-order valence-electron chi connectivity index (χ3n) is 13.7. The molecule has 14 N–H and O–H groups in total. The molecule has 23 nitrogen and oxygen atoms in total. The van der Waals surface area contributed by atoms with Crippen molar-refractivity contribution in [2.75, 3.05) is 26.4 Å². The lowest BCUT2D eigenvalue weighted by Crippen LogP contribution is -2.70. The molecule has 3 saturated heterocycles. The highest BCUT2D eigenvalue weighted by Gasteiger charge is 2.60. The van der Waals surface area contributed by atoms with Gasteiger partial charge in [0.15, 0.2) is 12.6 Å². The lowest BCUT2D eigenvalue weighted by molar-refractivity contribution is -0.386. The second kappa shape index (κ2) is 34.3. The van der Waals surface area contributed by atoms with E-state index in [-0.39, 0.29) is 12.3 Å². The molecule has 426 valence electrons. The van der Waals surface area contributed by atoms with Gasteiger partial charge in [-0.15, -0.1) is 0 Å². The molecule has 0 saturated carbocycles. The van der Waals surface area contributed by atoms with Crippen LogP contribution < -0.4 is 10.6 Å². The molecule has 0 bridgehead atoms. The maximum Gasteiger partial charge on any atom is 0.364 e. The number of allylic oxidation sites excluding steroid dienone is 1. The van der Waals surface area contributed by atoms with Crippen molar-refractivity contribution in [3.63, 3.8) is 0 Å². The molecule has 0 spiro atoms. The van der Waals surface area contributed by atoms with Crippen molar-refractivity contribution in [1.29, 1.82) is 0 Å². The molecule has 0 aromatic heterocycles. The van der Waals surface area contributed by atoms with Gasteiger partial charge >= 0.3 is 5.97 Å². The monoisotopic (exact) mass is 1050 g/mol. The van der Waals surface area contributed by atoms with Crippen molar-refractivity contribution in [2.24, 2.45) is 0 Å². The zero-order chi connectivity index (χ0) is 54.1. The van der Waals surface area contributed by atoms with Gasteiger partial charge in [-0.3, -0.25) is 9.59 Å². The van der Waals surface area contributed by atoms with Crippen molar-refractivity contribution < 1.29 is 104 Å². The van der Waals surface area contributed by atoms with Crippen LogP contribution in [-0.2, 0) is 42.8 Å². The molecule has 3 rings (SSSR count). The average molecular weight is 1060 g/mol. The number of aliphatic hydroxyl groups is 11. The smallest absolute Gasteiger partial charge is 0.364 e. The fourth-order valence-corrected chi connectivity index (χ4v) is 9.35. The normalized spacial score (nSPS) is 32.5. The minimum atomic E-state index is -3.08. The SMILES string of the molecule is CCCCCCCCCC/C=C/C(O)C(COC1OC(CO)C(OC2OC(CO)C(O)C(OC3(C(=O)O)CC(O)C(NC(C)=O)C(C(O)C(O)CO)O3)C2O)C(O)C1O)NC(=O)CCCCCCCCCCC. The van der Waals surface area contributed by atoms with E-state index in [0.717, 1.165) is 51.9 Å². The Morgan fingerprint density at radius 2 is 1.27 bits per heavy atom. The summed E-state index contributed by atoms with van der Waals surface area (Å²) in [6, 6.07) is -2.61. The predicted molar refractivity (Wildman–Crippen MR) is 260 cm³/mol. The summed E-state index contributed by atoms with van der Waals surface area (Å²) < 4.78 is 34.5. The van der Waals surface area contributed by atoms with E-state index >= 15 is 0 Å². The largest absolute Gasteiger partial charge is 0.477 e. The second-order valence-electron chi connectivity index (χ2n) is 19.7. The van der Waals surface area contributed by atoms with Gasteiger partial charge in [-0.25, -0.2) is 4.79 Å². The topological polar surface area (TPSA) is 373 Å². The summed E-state index contributed by atoms with van der Waals surface area (Å²) >= 11 is 0. The number of carboxylic acid groups (broad SMARTS) is 1. The van der Waals surface area contributed by atoms with Gasteiger partial charge in [-0.2, -0.15) is 0 Å². The summed E-state index contributed by atoms with van der Waals surface area (Å²) in [5, 5.41) is 135. The summed E-state index contributed by atoms with van der Waals surface area (Å²) in [5.74, 6) is -6.15. The van der Waals surface area contributed by atoms with Gasteiger partial charge < -0.3 is 100 Å². The Hall–Kier alpha value is -2.53. The second-order valence-corrected chi connectivity index (χ2v) is 19.7. The number of carboxylic acids is 1. The lowest BCUT2D eigenvalue weighted by atomic mass is 9.88. The number of ether oxygens (including phenoxy) is 6. The van der Waals surface area contributed by atoms with E-state index in [2.05, 4.69) is 24.5 Å². The number of nitrogens with one attached hydrogen (secondary N) is 2. The average Bonchev–Trinajstić information content (AvgIpc) is 3.36. The standard InChI is InChI=1S/C50H90N2O21/c1-4-6-8-10-12-14-16-17-19-21-23-32(57)31(52-37(60)24-22-20-18-15-13-11-9-7-5-2)29-68-47-42(64)41(63)44(36(28-55)70-47)71-48-43(65)46(40(62)35(27-54)69-48)73-50(49(66)67)25-33(58)38(51-30(3)56)45(72-50)39(61)34(59)26-53/h21,23,31-36,38-48,53-55,57-59,61-65H,4-20,22,24-29H2,1-3H3,(H,51,56)(H,52,60)(H,66,67)/b23-21+. The van der Waals surface area contributed by atoms with Crippen LogP contribution in [-0.4, -0.2) is 215 Å². The van der Waals surface area contributed by atoms with Crippen LogP contribution in [0.2, 0.25) is 0 Å². The van der Waals surface area contributed by atoms with Gasteiger partial charge in [-0.05, 0) is 19.3 Å². The number of aliphatic carboxylic acids is 1. The Balaban J connectivity index is 1.74. The number of rotatable bonds is 36. The van der Waals surface area contributed by atoms with Crippen LogP contribution in [0.3, 0.4) is 0 Å². The number of aliphatic hydroxyl groups excluding tert-OH is 11. The highest BCUT2D eigenvalue weighted by molar-refractivity contribution is 5.77. The maximum atomic E-state index is 13.2. The maximum absolute atomic E-state index is 13.2. The third-order valence-corrected chi connectivity index (χ3v) is 13.7. The first-order chi connectivity index (χ1) is 34.9. The predicted octanol–water partition coefficient (Wildman–Crippen LogP) is -0.345. The fraction of sp³-hybridized carbons (Fsp3) is 0.900. The number of hydrogen-bond donors (Lipinski definition) is 14. The fourth-order valence-electron chi connectivity index (χ4n) is 9.35. The summed E-state index contributed by atoms with van der Waals surface area (Å²) in [7, 11) is 0. The highest BCUT2D eigenvalue weighted by Crippen LogP contribution is 2.38. The Labute approximate surface area is 429 Å². The molecule has 2 amide bonds. The molecule has 3 aliphatic rings. The van der Waals surface area contributed by atoms with Crippen LogP contribution in [0.1, 0.15) is 149 Å². The summed E-state index contributed by atoms with van der Waals surface area (Å²) in [6.45, 7) is 2.00. The van der Waals surface area contributed by atoms with Gasteiger partial charge in [0.1, 0.15) is 67.1 Å². The molecule has 73 heavy (non-hydrogen) atoms. The molecule has 18 atom stereocenters. The van der Waals surface area contributed by atoms with Crippen molar-refractivity contribution in [3.8, 4) is 0 Å². The molecule has 3 aliphatic heterocycles. The van der Waals surface area contributed by atoms with Gasteiger partial charge in [0.05, 0.1) is 50.7 Å². The molecule has 0 aliphatic carbocycles. The van der Waals surface area contributed by atoms with Crippen LogP contribution >= 0.6 is 0 Å². The minimum Gasteiger partial charge on any atom is -0.477 e. The summed E-state index contributed by atoms with van der Waals surface area (Å²) in [4.78, 5) is 38.1. The van der Waals surface area contributed by atoms with Gasteiger partial charge in [-0.1, -0.05) is 122 Å². The number of carbonyl (C=O) groups is 3. The van der Waals surface area contributed by atoms with E-state index in [1.807, 2.05) is 6.08 Å². The third kappa shape index (κ3) is 20.4. The molecule has 0 aromatic carbocycles. The van der Waals surface area contributed by atoms with Crippen molar-refractivity contribution in [1.82, 2.24) is 10.6 Å². The first-order valence-electron chi connectivity index (χ1n) is 26.6. The van der Waals surface area contributed by atoms with E-state index in [4.69, 9.17) is 28.4 Å². The minimum absolute atomic E-state index is 0.201. The van der Waals surface area contributed by atoms with Crippen molar-refractivity contribution in [3.05, 3.63) is 12.2 Å². The van der Waals surface area contributed by atoms with Gasteiger partial charge in [0, 0.05) is 19.8 Å². The van der Waals surface area contributed by atoms with Gasteiger partial charge in [0.25, 0.3) is 5.79 Å². The number of amides is 2. The summed E-state index contributed by atoms with van der Waals surface area (Å²) in [6.07, 6.45) is -6.57. The van der Waals surface area contributed by atoms with Crippen LogP contribution in [0.5, 0.6) is 0 Å². The first kappa shape index (κ1) is 64.8. The van der Waals surface area contributed by atoms with Crippen LogP contribution in [0.4, 0.5) is 0 Å². The molecule has 0 radical (unpaired) electrons. The van der Waals surface area contributed by atoms with Crippen LogP contribution in [0.15, 0.2) is 12.2 Å². The van der Waals surface area contributed by atoms with Crippen molar-refractivity contribution >= 4 is 17.8 Å². The first-order valence-corrected chi connectivity index (χ1v) is 26.6. The quantitative estimate of drug-likeness (QED) is 0.0282. The Morgan fingerprint density at radius 3 is 1.82 bits per heavy atom. The number of carbonyl (C=O) groups excluding carboxylic acids is 2. The molecule has 0 aromatic rings. The molecule has 23 heteroatoms.